The molecule has 1 aliphatic carbocycles. The number of aliphatic imine (C=N–C) groups is 1. The number of benzene rings is 3. The maximum Gasteiger partial charge on any atom is 0.267 e. The molecule has 148 valence electrons. The summed E-state index contributed by atoms with van der Waals surface area (Å²) in [5.74, 6) is -0.740. The number of fused-ring (bicyclic) bond motifs is 3. The zero-order chi connectivity index (χ0) is 20.9. The Bertz CT molecular complexity index is 1180. The number of hydrogen-bond donors (Lipinski definition) is 2. The van der Waals surface area contributed by atoms with Crippen molar-refractivity contribution in [3.8, 4) is 11.1 Å². The highest BCUT2D eigenvalue weighted by atomic mass is 16.5. The summed E-state index contributed by atoms with van der Waals surface area (Å²) >= 11 is 0. The first-order valence-electron chi connectivity index (χ1n) is 9.60. The van der Waals surface area contributed by atoms with E-state index >= 15 is 0 Å². The lowest BCUT2D eigenvalue weighted by molar-refractivity contribution is -0.124. The summed E-state index contributed by atoms with van der Waals surface area (Å²) < 4.78 is 0. The highest BCUT2D eigenvalue weighted by Crippen LogP contribution is 2.36. The molecule has 5 heteroatoms. The van der Waals surface area contributed by atoms with Crippen molar-refractivity contribution in [1.29, 1.82) is 0 Å². The molecule has 0 unspecified atom stereocenters. The molecule has 0 heterocycles. The molecule has 0 radical (unpaired) electrons. The van der Waals surface area contributed by atoms with Crippen LogP contribution in [0.4, 0.5) is 0 Å². The summed E-state index contributed by atoms with van der Waals surface area (Å²) in [6, 6.07) is 21.6. The van der Waals surface area contributed by atoms with Gasteiger partial charge in [-0.25, -0.2) is 5.48 Å². The van der Waals surface area contributed by atoms with Crippen molar-refractivity contribution in [1.82, 2.24) is 5.48 Å². The van der Waals surface area contributed by atoms with Crippen LogP contribution in [-0.2, 0) is 11.2 Å². The Balaban J connectivity index is 1.42. The van der Waals surface area contributed by atoms with E-state index in [-0.39, 0.29) is 12.3 Å². The summed E-state index contributed by atoms with van der Waals surface area (Å²) in [6.07, 6.45) is 5.36. The van der Waals surface area contributed by atoms with Gasteiger partial charge in [0.05, 0.1) is 0 Å². The van der Waals surface area contributed by atoms with E-state index in [1.165, 1.54) is 39.9 Å². The van der Waals surface area contributed by atoms with Crippen LogP contribution in [0.15, 0.2) is 77.8 Å². The van der Waals surface area contributed by atoms with Crippen molar-refractivity contribution >= 4 is 24.0 Å². The molecule has 0 saturated heterocycles. The topological polar surface area (TPSA) is 78.8 Å². The second-order valence-electron chi connectivity index (χ2n) is 7.08. The van der Waals surface area contributed by atoms with E-state index in [1.807, 2.05) is 6.07 Å². The monoisotopic (exact) mass is 396 g/mol. The van der Waals surface area contributed by atoms with E-state index in [9.17, 15) is 9.59 Å². The van der Waals surface area contributed by atoms with E-state index in [0.29, 0.717) is 11.1 Å². The fourth-order valence-corrected chi connectivity index (χ4v) is 3.60. The molecule has 0 aromatic heterocycles. The Morgan fingerprint density at radius 2 is 1.77 bits per heavy atom. The van der Waals surface area contributed by atoms with Gasteiger partial charge in [-0.3, -0.25) is 19.8 Å². The minimum Gasteiger partial charge on any atom is -0.292 e. The van der Waals surface area contributed by atoms with Gasteiger partial charge in [-0.05, 0) is 58.0 Å². The second kappa shape index (κ2) is 8.68. The fraction of sp³-hybridized carbons (Fsp3) is 0.0800. The lowest BCUT2D eigenvalue weighted by atomic mass is 10.0. The number of amides is 1. The second-order valence-corrected chi connectivity index (χ2v) is 7.08. The zero-order valence-corrected chi connectivity index (χ0v) is 16.2. The molecule has 5 nitrogen and oxygen atoms in total. The first-order chi connectivity index (χ1) is 14.6. The van der Waals surface area contributed by atoms with E-state index in [0.717, 1.165) is 12.0 Å². The maximum absolute atomic E-state index is 12.5. The van der Waals surface area contributed by atoms with Gasteiger partial charge in [0, 0.05) is 17.9 Å². The molecular formula is C25H20N2O3. The molecule has 0 bridgehead atoms. The average Bonchev–Trinajstić information content (AvgIpc) is 3.15. The predicted molar refractivity (Wildman–Crippen MR) is 117 cm³/mol. The third kappa shape index (κ3) is 4.26. The van der Waals surface area contributed by atoms with Crippen LogP contribution in [0.3, 0.4) is 0 Å². The number of nitrogens with one attached hydrogen (secondary N) is 1. The van der Waals surface area contributed by atoms with Crippen LogP contribution < -0.4 is 5.48 Å². The Morgan fingerprint density at radius 1 is 0.933 bits per heavy atom. The molecule has 0 saturated carbocycles. The van der Waals surface area contributed by atoms with Crippen molar-refractivity contribution in [2.45, 2.75) is 6.42 Å². The van der Waals surface area contributed by atoms with E-state index in [4.69, 9.17) is 5.21 Å². The van der Waals surface area contributed by atoms with Crippen molar-refractivity contribution in [2.75, 3.05) is 6.54 Å². The lowest BCUT2D eigenvalue weighted by Crippen LogP contribution is -2.14. The minimum absolute atomic E-state index is 0.0433. The first kappa shape index (κ1) is 19.5. The summed E-state index contributed by atoms with van der Waals surface area (Å²) in [6.45, 7) is 0.0433. The summed E-state index contributed by atoms with van der Waals surface area (Å²) in [5.41, 5.74) is 8.86. The van der Waals surface area contributed by atoms with E-state index in [2.05, 4.69) is 41.4 Å². The molecule has 0 aliphatic heterocycles. The average molecular weight is 396 g/mol. The summed E-state index contributed by atoms with van der Waals surface area (Å²) in [5, 5.41) is 8.52. The van der Waals surface area contributed by atoms with Gasteiger partial charge in [-0.15, -0.1) is 0 Å². The molecule has 2 N–H and O–H groups in total. The van der Waals surface area contributed by atoms with Crippen LogP contribution in [0.2, 0.25) is 0 Å². The minimum atomic E-state index is -0.631. The van der Waals surface area contributed by atoms with Gasteiger partial charge >= 0.3 is 0 Å². The maximum atomic E-state index is 12.5. The van der Waals surface area contributed by atoms with Crippen LogP contribution in [0.5, 0.6) is 0 Å². The van der Waals surface area contributed by atoms with Crippen molar-refractivity contribution in [3.63, 3.8) is 0 Å². The number of carbonyl (C=O) groups is 2. The highest BCUT2D eigenvalue weighted by molar-refractivity contribution is 5.99. The lowest BCUT2D eigenvalue weighted by Gasteiger charge is -2.02. The number of hydrogen-bond acceptors (Lipinski definition) is 4. The Labute approximate surface area is 174 Å². The van der Waals surface area contributed by atoms with Crippen LogP contribution >= 0.6 is 0 Å². The summed E-state index contributed by atoms with van der Waals surface area (Å²) in [7, 11) is 0. The highest BCUT2D eigenvalue weighted by Gasteiger charge is 2.17. The van der Waals surface area contributed by atoms with Crippen LogP contribution in [0.1, 0.15) is 32.6 Å². The Morgan fingerprint density at radius 3 is 2.63 bits per heavy atom. The molecule has 3 aromatic carbocycles. The van der Waals surface area contributed by atoms with Gasteiger partial charge in [0.15, 0.2) is 5.78 Å². The SMILES string of the molecule is O=C(/C=C/c1cccc(C(=O)CN=Cc2ccc3c(c2)Cc2ccccc2-3)c1)NO. The van der Waals surface area contributed by atoms with E-state index in [1.54, 1.807) is 30.5 Å². The number of carbonyl (C=O) groups excluding carboxylic acids is 2. The van der Waals surface area contributed by atoms with Crippen LogP contribution in [0, 0.1) is 0 Å². The van der Waals surface area contributed by atoms with Gasteiger partial charge in [0.2, 0.25) is 0 Å². The molecule has 1 aliphatic rings. The first-order valence-corrected chi connectivity index (χ1v) is 9.60. The summed E-state index contributed by atoms with van der Waals surface area (Å²) in [4.78, 5) is 27.9. The van der Waals surface area contributed by atoms with Gasteiger partial charge in [0.1, 0.15) is 6.54 Å². The quantitative estimate of drug-likeness (QED) is 0.169. The third-order valence-corrected chi connectivity index (χ3v) is 5.04. The smallest absolute Gasteiger partial charge is 0.267 e. The van der Waals surface area contributed by atoms with Gasteiger partial charge in [0.25, 0.3) is 5.91 Å². The number of nitrogens with zero attached hydrogens (tertiary/aromatic N) is 1. The van der Waals surface area contributed by atoms with Crippen molar-refractivity contribution in [2.24, 2.45) is 4.99 Å². The Hall–Kier alpha value is -3.83. The molecule has 4 rings (SSSR count). The van der Waals surface area contributed by atoms with Crippen molar-refractivity contribution in [3.05, 3.63) is 101 Å². The number of hydroxylamine groups is 1. The third-order valence-electron chi connectivity index (χ3n) is 5.04. The van der Waals surface area contributed by atoms with Crippen LogP contribution in [-0.4, -0.2) is 29.7 Å². The zero-order valence-electron chi connectivity index (χ0n) is 16.2. The van der Waals surface area contributed by atoms with Crippen molar-refractivity contribution < 1.29 is 14.8 Å². The number of rotatable bonds is 6. The molecular weight excluding hydrogens is 376 g/mol. The van der Waals surface area contributed by atoms with E-state index < -0.39 is 5.91 Å². The van der Waals surface area contributed by atoms with Gasteiger partial charge in [-0.2, -0.15) is 0 Å². The largest absolute Gasteiger partial charge is 0.292 e. The molecule has 3 aromatic rings. The molecule has 1 amide bonds. The molecule has 0 spiro atoms. The number of Topliss-reactive ketones (excluding diaryl/α,β-unsaturated/α-hetero) is 1. The van der Waals surface area contributed by atoms with Crippen LogP contribution in [0.25, 0.3) is 17.2 Å². The Kier molecular flexibility index (Phi) is 5.63. The standard InChI is InChI=1S/C25H20N2O3/c28-24(20-6-3-4-17(12-20)9-11-25(29)27-30)16-26-15-18-8-10-23-21(13-18)14-19-5-1-2-7-22(19)23/h1-13,15,30H,14,16H2,(H,27,29)/b11-9+,26-15?. The molecule has 0 atom stereocenters. The molecule has 0 fully saturated rings. The fourth-order valence-electron chi connectivity index (χ4n) is 3.60. The molecule has 30 heavy (non-hydrogen) atoms. The predicted octanol–water partition coefficient (Wildman–Crippen LogP) is 4.08. The van der Waals surface area contributed by atoms with Gasteiger partial charge in [-0.1, -0.05) is 54.6 Å². The normalized spacial score (nSPS) is 12.2. The number of ketones is 1. The van der Waals surface area contributed by atoms with Gasteiger partial charge < -0.3 is 0 Å².